The number of hydrogen-bond acceptors (Lipinski definition) is 3. The molecule has 31 heavy (non-hydrogen) atoms. The van der Waals surface area contributed by atoms with Crippen LogP contribution in [0.1, 0.15) is 27.0 Å². The first-order valence-electron chi connectivity index (χ1n) is 8.90. The van der Waals surface area contributed by atoms with Gasteiger partial charge in [0.2, 0.25) is 0 Å². The van der Waals surface area contributed by atoms with E-state index in [-0.39, 0.29) is 18.0 Å². The van der Waals surface area contributed by atoms with E-state index >= 15 is 0 Å². The van der Waals surface area contributed by atoms with E-state index in [2.05, 4.69) is 33.1 Å². The summed E-state index contributed by atoms with van der Waals surface area (Å²) in [7, 11) is 0. The smallest absolute Gasteiger partial charge is 0.416 e. The van der Waals surface area contributed by atoms with E-state index in [0.29, 0.717) is 11.3 Å². The molecule has 160 valence electrons. The van der Waals surface area contributed by atoms with Crippen LogP contribution in [0.3, 0.4) is 0 Å². The molecular formula is C22H15F4IN2O2. The number of rotatable bonds is 6. The van der Waals surface area contributed by atoms with Crippen LogP contribution in [0, 0.1) is 9.39 Å². The summed E-state index contributed by atoms with van der Waals surface area (Å²) in [6.07, 6.45) is -3.16. The van der Waals surface area contributed by atoms with E-state index in [0.717, 1.165) is 27.3 Å². The third-order valence-electron chi connectivity index (χ3n) is 4.10. The molecule has 0 aliphatic carbocycles. The Morgan fingerprint density at radius 3 is 2.48 bits per heavy atom. The minimum absolute atomic E-state index is 0.147. The van der Waals surface area contributed by atoms with Crippen LogP contribution in [0.15, 0.2) is 71.8 Å². The van der Waals surface area contributed by atoms with Crippen molar-refractivity contribution in [3.05, 3.63) is 98.4 Å². The number of ether oxygens (including phenoxy) is 1. The SMILES string of the molecule is O=C(N/N=C\c1ccc(OCc2ccc(F)cc2)c(I)c1)c1cccc(C(F)(F)F)c1. The summed E-state index contributed by atoms with van der Waals surface area (Å²) in [5.74, 6) is -0.450. The summed E-state index contributed by atoms with van der Waals surface area (Å²) >= 11 is 2.08. The van der Waals surface area contributed by atoms with Crippen LogP contribution in [0.4, 0.5) is 17.6 Å². The first-order chi connectivity index (χ1) is 14.7. The Balaban J connectivity index is 1.59. The topological polar surface area (TPSA) is 50.7 Å². The number of halogens is 5. The van der Waals surface area contributed by atoms with Crippen molar-refractivity contribution in [3.8, 4) is 5.75 Å². The number of alkyl halides is 3. The van der Waals surface area contributed by atoms with Gasteiger partial charge in [0.05, 0.1) is 15.3 Å². The van der Waals surface area contributed by atoms with Crippen molar-refractivity contribution < 1.29 is 27.1 Å². The fourth-order valence-corrected chi connectivity index (χ4v) is 3.22. The second-order valence-electron chi connectivity index (χ2n) is 6.38. The molecule has 0 bridgehead atoms. The summed E-state index contributed by atoms with van der Waals surface area (Å²) in [6.45, 7) is 0.275. The Labute approximate surface area is 189 Å². The van der Waals surface area contributed by atoms with Gasteiger partial charge in [-0.15, -0.1) is 0 Å². The number of hydrogen-bond donors (Lipinski definition) is 1. The van der Waals surface area contributed by atoms with E-state index in [1.165, 1.54) is 24.4 Å². The summed E-state index contributed by atoms with van der Waals surface area (Å²) in [5.41, 5.74) is 2.63. The van der Waals surface area contributed by atoms with Crippen molar-refractivity contribution in [2.45, 2.75) is 12.8 Å². The normalized spacial score (nSPS) is 11.5. The van der Waals surface area contributed by atoms with Crippen molar-refractivity contribution in [3.63, 3.8) is 0 Å². The highest BCUT2D eigenvalue weighted by Gasteiger charge is 2.30. The molecule has 0 unspecified atom stereocenters. The zero-order chi connectivity index (χ0) is 22.4. The van der Waals surface area contributed by atoms with Crippen molar-refractivity contribution >= 4 is 34.7 Å². The minimum atomic E-state index is -4.53. The Hall–Kier alpha value is -2.95. The number of carbonyl (C=O) groups excluding carboxylic acids is 1. The third-order valence-corrected chi connectivity index (χ3v) is 4.94. The molecule has 0 aliphatic heterocycles. The van der Waals surface area contributed by atoms with Crippen LogP contribution in [0.5, 0.6) is 5.75 Å². The molecule has 1 N–H and O–H groups in total. The highest BCUT2D eigenvalue weighted by molar-refractivity contribution is 14.1. The molecular weight excluding hydrogens is 527 g/mol. The van der Waals surface area contributed by atoms with Gasteiger partial charge >= 0.3 is 6.18 Å². The first kappa shape index (κ1) is 22.7. The molecule has 9 heteroatoms. The van der Waals surface area contributed by atoms with Crippen molar-refractivity contribution in [1.82, 2.24) is 5.43 Å². The van der Waals surface area contributed by atoms with Gasteiger partial charge < -0.3 is 4.74 Å². The maximum Gasteiger partial charge on any atom is 0.416 e. The Bertz CT molecular complexity index is 1100. The Morgan fingerprint density at radius 2 is 1.81 bits per heavy atom. The van der Waals surface area contributed by atoms with E-state index in [1.807, 2.05) is 0 Å². The maximum atomic E-state index is 12.9. The molecule has 3 rings (SSSR count). The first-order valence-corrected chi connectivity index (χ1v) is 9.98. The lowest BCUT2D eigenvalue weighted by Gasteiger charge is -2.09. The highest BCUT2D eigenvalue weighted by Crippen LogP contribution is 2.29. The fourth-order valence-electron chi connectivity index (χ4n) is 2.52. The largest absolute Gasteiger partial charge is 0.488 e. The number of amides is 1. The van der Waals surface area contributed by atoms with Gasteiger partial charge in [0.25, 0.3) is 5.91 Å². The van der Waals surface area contributed by atoms with Gasteiger partial charge in [0.1, 0.15) is 18.2 Å². The number of hydrazone groups is 1. The van der Waals surface area contributed by atoms with Gasteiger partial charge in [-0.25, -0.2) is 9.82 Å². The summed E-state index contributed by atoms with van der Waals surface area (Å²) in [5, 5.41) is 3.80. The van der Waals surface area contributed by atoms with Crippen molar-refractivity contribution in [2.75, 3.05) is 0 Å². The molecule has 3 aromatic carbocycles. The number of nitrogens with zero attached hydrogens (tertiary/aromatic N) is 1. The predicted octanol–water partition coefficient (Wildman–Crippen LogP) is 5.79. The van der Waals surface area contributed by atoms with E-state index in [1.54, 1.807) is 30.3 Å². The number of nitrogens with one attached hydrogen (secondary N) is 1. The lowest BCUT2D eigenvalue weighted by molar-refractivity contribution is -0.137. The second kappa shape index (κ2) is 9.90. The fraction of sp³-hybridized carbons (Fsp3) is 0.0909. The van der Waals surface area contributed by atoms with Crippen LogP contribution in [0.2, 0.25) is 0 Å². The molecule has 0 heterocycles. The molecule has 1 amide bonds. The maximum absolute atomic E-state index is 12.9. The lowest BCUT2D eigenvalue weighted by Crippen LogP contribution is -2.18. The summed E-state index contributed by atoms with van der Waals surface area (Å²) in [4.78, 5) is 12.0. The second-order valence-corrected chi connectivity index (χ2v) is 7.54. The average Bonchev–Trinajstić information content (AvgIpc) is 2.74. The van der Waals surface area contributed by atoms with Crippen LogP contribution in [-0.2, 0) is 12.8 Å². The highest BCUT2D eigenvalue weighted by atomic mass is 127. The molecule has 4 nitrogen and oxygen atoms in total. The van der Waals surface area contributed by atoms with Gasteiger partial charge in [-0.05, 0) is 82.2 Å². The van der Waals surface area contributed by atoms with Gasteiger partial charge in [-0.1, -0.05) is 18.2 Å². The zero-order valence-electron chi connectivity index (χ0n) is 15.8. The monoisotopic (exact) mass is 542 g/mol. The molecule has 0 saturated carbocycles. The van der Waals surface area contributed by atoms with Gasteiger partial charge in [-0.3, -0.25) is 4.79 Å². The average molecular weight is 542 g/mol. The summed E-state index contributed by atoms with van der Waals surface area (Å²) in [6, 6.07) is 15.3. The molecule has 0 radical (unpaired) electrons. The minimum Gasteiger partial charge on any atom is -0.488 e. The van der Waals surface area contributed by atoms with Crippen molar-refractivity contribution in [2.24, 2.45) is 5.10 Å². The molecule has 0 fully saturated rings. The van der Waals surface area contributed by atoms with Gasteiger partial charge in [-0.2, -0.15) is 18.3 Å². The quantitative estimate of drug-likeness (QED) is 0.186. The number of benzene rings is 3. The zero-order valence-corrected chi connectivity index (χ0v) is 17.9. The Morgan fingerprint density at radius 1 is 1.06 bits per heavy atom. The lowest BCUT2D eigenvalue weighted by atomic mass is 10.1. The molecule has 0 spiro atoms. The van der Waals surface area contributed by atoms with Crippen LogP contribution in [0.25, 0.3) is 0 Å². The van der Waals surface area contributed by atoms with Crippen LogP contribution >= 0.6 is 22.6 Å². The molecule has 0 saturated heterocycles. The summed E-state index contributed by atoms with van der Waals surface area (Å²) < 4.78 is 57.7. The van der Waals surface area contributed by atoms with E-state index in [4.69, 9.17) is 4.74 Å². The van der Waals surface area contributed by atoms with Crippen LogP contribution < -0.4 is 10.2 Å². The molecule has 0 aliphatic rings. The molecule has 0 aromatic heterocycles. The molecule has 3 aromatic rings. The van der Waals surface area contributed by atoms with E-state index < -0.39 is 17.6 Å². The van der Waals surface area contributed by atoms with Crippen LogP contribution in [-0.4, -0.2) is 12.1 Å². The van der Waals surface area contributed by atoms with E-state index in [9.17, 15) is 22.4 Å². The third kappa shape index (κ3) is 6.51. The van der Waals surface area contributed by atoms with Gasteiger partial charge in [0.15, 0.2) is 0 Å². The van der Waals surface area contributed by atoms with Crippen molar-refractivity contribution in [1.29, 1.82) is 0 Å². The predicted molar refractivity (Wildman–Crippen MR) is 116 cm³/mol. The standard InChI is InChI=1S/C22H15F4IN2O2/c23-18-7-4-14(5-8-18)13-31-20-9-6-15(10-19(20)27)12-28-29-21(30)16-2-1-3-17(11-16)22(24,25)26/h1-12H,13H2,(H,29,30)/b28-12-. The molecule has 0 atom stereocenters. The van der Waals surface area contributed by atoms with Gasteiger partial charge in [0, 0.05) is 5.56 Å². The number of carbonyl (C=O) groups is 1. The Kier molecular flexibility index (Phi) is 7.26.